The third-order valence-corrected chi connectivity index (χ3v) is 2.58. The summed E-state index contributed by atoms with van der Waals surface area (Å²) >= 11 is 0. The van der Waals surface area contributed by atoms with Gasteiger partial charge in [0.25, 0.3) is 0 Å². The van der Waals surface area contributed by atoms with Gasteiger partial charge >= 0.3 is 0 Å². The highest BCUT2D eigenvalue weighted by molar-refractivity contribution is 5.20. The highest BCUT2D eigenvalue weighted by Crippen LogP contribution is 2.32. The fourth-order valence-corrected chi connectivity index (χ4v) is 2.08. The smallest absolute Gasteiger partial charge is 0.114 e. The third kappa shape index (κ3) is 1.81. The minimum atomic E-state index is -0.208. The van der Waals surface area contributed by atoms with E-state index in [4.69, 9.17) is 4.74 Å². The fraction of sp³-hybridized carbons (Fsp3) is 0.500. The first-order valence-electron chi connectivity index (χ1n) is 5.09. The maximum Gasteiger partial charge on any atom is 0.114 e. The van der Waals surface area contributed by atoms with Crippen molar-refractivity contribution in [3.8, 4) is 0 Å². The molecule has 1 aliphatic heterocycles. The van der Waals surface area contributed by atoms with Crippen molar-refractivity contribution in [2.75, 3.05) is 0 Å². The van der Waals surface area contributed by atoms with E-state index < -0.39 is 0 Å². The molecule has 0 radical (unpaired) electrons. The Morgan fingerprint density at radius 2 is 1.86 bits per heavy atom. The lowest BCUT2D eigenvalue weighted by molar-refractivity contribution is -0.0259. The molecule has 2 heteroatoms. The molecule has 0 unspecified atom stereocenters. The SMILES string of the molecule is C[C@@H]1NC(C)(C)O[C@H]1c1ccccc1. The van der Waals surface area contributed by atoms with Crippen LogP contribution in [0.1, 0.15) is 32.4 Å². The largest absolute Gasteiger partial charge is 0.352 e. The van der Waals surface area contributed by atoms with Crippen LogP contribution in [0, 0.1) is 0 Å². The molecule has 1 N–H and O–H groups in total. The van der Waals surface area contributed by atoms with Crippen molar-refractivity contribution in [1.82, 2.24) is 5.32 Å². The van der Waals surface area contributed by atoms with Crippen molar-refractivity contribution in [3.05, 3.63) is 35.9 Å². The summed E-state index contributed by atoms with van der Waals surface area (Å²) in [5, 5.41) is 3.42. The van der Waals surface area contributed by atoms with Crippen LogP contribution in [0.3, 0.4) is 0 Å². The van der Waals surface area contributed by atoms with E-state index in [0.29, 0.717) is 6.04 Å². The van der Waals surface area contributed by atoms with E-state index in [1.807, 2.05) is 6.07 Å². The van der Waals surface area contributed by atoms with Gasteiger partial charge in [0.15, 0.2) is 0 Å². The van der Waals surface area contributed by atoms with Gasteiger partial charge < -0.3 is 4.74 Å². The first-order chi connectivity index (χ1) is 6.58. The standard InChI is InChI=1S/C12H17NO/c1-9-11(14-12(2,3)13-9)10-7-5-4-6-8-10/h4-9,11,13H,1-3H3/t9-,11+/m0/s1. The number of hydrogen-bond acceptors (Lipinski definition) is 2. The Bertz CT molecular complexity index is 307. The lowest BCUT2D eigenvalue weighted by Gasteiger charge is -2.18. The first kappa shape index (κ1) is 9.69. The molecule has 1 saturated heterocycles. The molecule has 1 aromatic rings. The first-order valence-corrected chi connectivity index (χ1v) is 5.09. The summed E-state index contributed by atoms with van der Waals surface area (Å²) in [4.78, 5) is 0. The van der Waals surface area contributed by atoms with Crippen LogP contribution in [-0.2, 0) is 4.74 Å². The molecule has 1 heterocycles. The van der Waals surface area contributed by atoms with Gasteiger partial charge in [0, 0.05) is 6.04 Å². The molecule has 2 rings (SSSR count). The van der Waals surface area contributed by atoms with E-state index in [1.54, 1.807) is 0 Å². The zero-order valence-electron chi connectivity index (χ0n) is 8.95. The fourth-order valence-electron chi connectivity index (χ4n) is 2.08. The number of nitrogens with one attached hydrogen (secondary N) is 1. The van der Waals surface area contributed by atoms with Crippen LogP contribution >= 0.6 is 0 Å². The summed E-state index contributed by atoms with van der Waals surface area (Å²) in [7, 11) is 0. The van der Waals surface area contributed by atoms with E-state index in [2.05, 4.69) is 50.4 Å². The van der Waals surface area contributed by atoms with Crippen molar-refractivity contribution in [3.63, 3.8) is 0 Å². The van der Waals surface area contributed by atoms with Crippen LogP contribution in [-0.4, -0.2) is 11.8 Å². The molecule has 0 bridgehead atoms. The van der Waals surface area contributed by atoms with Gasteiger partial charge in [-0.2, -0.15) is 0 Å². The molecule has 1 aliphatic rings. The second-order valence-corrected chi connectivity index (χ2v) is 4.39. The lowest BCUT2D eigenvalue weighted by atomic mass is 10.0. The van der Waals surface area contributed by atoms with Crippen LogP contribution < -0.4 is 5.32 Å². The van der Waals surface area contributed by atoms with E-state index in [-0.39, 0.29) is 11.8 Å². The average molecular weight is 191 g/mol. The van der Waals surface area contributed by atoms with Crippen LogP contribution in [0.25, 0.3) is 0 Å². The van der Waals surface area contributed by atoms with E-state index in [9.17, 15) is 0 Å². The van der Waals surface area contributed by atoms with E-state index in [1.165, 1.54) is 5.56 Å². The van der Waals surface area contributed by atoms with Gasteiger partial charge in [0.2, 0.25) is 0 Å². The summed E-state index contributed by atoms with van der Waals surface area (Å²) in [5.74, 6) is 0. The van der Waals surface area contributed by atoms with Crippen LogP contribution in [0.15, 0.2) is 30.3 Å². The minimum Gasteiger partial charge on any atom is -0.352 e. The second kappa shape index (κ2) is 3.37. The molecule has 0 saturated carbocycles. The number of ether oxygens (including phenoxy) is 1. The van der Waals surface area contributed by atoms with Crippen LogP contribution in [0.2, 0.25) is 0 Å². The van der Waals surface area contributed by atoms with Crippen molar-refractivity contribution < 1.29 is 4.74 Å². The quantitative estimate of drug-likeness (QED) is 0.736. The van der Waals surface area contributed by atoms with Gasteiger partial charge in [0.05, 0.1) is 6.10 Å². The normalized spacial score (nSPS) is 30.5. The van der Waals surface area contributed by atoms with Crippen molar-refractivity contribution in [1.29, 1.82) is 0 Å². The Morgan fingerprint density at radius 1 is 1.21 bits per heavy atom. The molecule has 0 spiro atoms. The minimum absolute atomic E-state index is 0.172. The molecule has 76 valence electrons. The second-order valence-electron chi connectivity index (χ2n) is 4.39. The van der Waals surface area contributed by atoms with E-state index in [0.717, 1.165) is 0 Å². The third-order valence-electron chi connectivity index (χ3n) is 2.58. The Kier molecular flexibility index (Phi) is 2.33. The topological polar surface area (TPSA) is 21.3 Å². The summed E-state index contributed by atoms with van der Waals surface area (Å²) < 4.78 is 5.94. The van der Waals surface area contributed by atoms with Crippen molar-refractivity contribution in [2.45, 2.75) is 38.6 Å². The molecule has 2 nitrogen and oxygen atoms in total. The number of rotatable bonds is 1. The molecule has 2 atom stereocenters. The molecule has 0 aromatic heterocycles. The molecular weight excluding hydrogens is 174 g/mol. The molecule has 1 fully saturated rings. The lowest BCUT2D eigenvalue weighted by Crippen LogP contribution is -2.36. The van der Waals surface area contributed by atoms with Gasteiger partial charge in [0.1, 0.15) is 5.72 Å². The van der Waals surface area contributed by atoms with Crippen LogP contribution in [0.5, 0.6) is 0 Å². The number of hydrogen-bond donors (Lipinski definition) is 1. The highest BCUT2D eigenvalue weighted by Gasteiger charge is 2.37. The monoisotopic (exact) mass is 191 g/mol. The van der Waals surface area contributed by atoms with Crippen LogP contribution in [0.4, 0.5) is 0 Å². The highest BCUT2D eigenvalue weighted by atomic mass is 16.5. The Morgan fingerprint density at radius 3 is 2.36 bits per heavy atom. The average Bonchev–Trinajstić information content (AvgIpc) is 2.41. The zero-order chi connectivity index (χ0) is 10.2. The zero-order valence-corrected chi connectivity index (χ0v) is 8.95. The van der Waals surface area contributed by atoms with E-state index >= 15 is 0 Å². The van der Waals surface area contributed by atoms with Gasteiger partial charge in [-0.1, -0.05) is 30.3 Å². The maximum absolute atomic E-state index is 5.94. The van der Waals surface area contributed by atoms with Gasteiger partial charge in [-0.15, -0.1) is 0 Å². The van der Waals surface area contributed by atoms with Gasteiger partial charge in [-0.25, -0.2) is 0 Å². The summed E-state index contributed by atoms with van der Waals surface area (Å²) in [5.41, 5.74) is 1.04. The van der Waals surface area contributed by atoms with Gasteiger partial charge in [-0.3, -0.25) is 5.32 Å². The molecule has 14 heavy (non-hydrogen) atoms. The summed E-state index contributed by atoms with van der Waals surface area (Å²) in [6.07, 6.45) is 0.172. The summed E-state index contributed by atoms with van der Waals surface area (Å²) in [6, 6.07) is 10.7. The maximum atomic E-state index is 5.94. The molecule has 1 aromatic carbocycles. The predicted molar refractivity (Wildman–Crippen MR) is 56.9 cm³/mol. The Balaban J connectivity index is 2.21. The summed E-state index contributed by atoms with van der Waals surface area (Å²) in [6.45, 7) is 6.28. The Labute approximate surface area is 85.3 Å². The molecule has 0 amide bonds. The molecular formula is C12H17NO. The van der Waals surface area contributed by atoms with Gasteiger partial charge in [-0.05, 0) is 26.3 Å². The van der Waals surface area contributed by atoms with Crippen molar-refractivity contribution in [2.24, 2.45) is 0 Å². The van der Waals surface area contributed by atoms with Crippen molar-refractivity contribution >= 4 is 0 Å². The number of benzene rings is 1. The predicted octanol–water partition coefficient (Wildman–Crippen LogP) is 2.47. The molecule has 0 aliphatic carbocycles. The Hall–Kier alpha value is -0.860.